The molecular weight excluding hydrogens is 445 g/mol. The number of carbonyl (C=O) groups excluding carboxylic acids is 1. The van der Waals surface area contributed by atoms with Crippen molar-refractivity contribution in [3.8, 4) is 0 Å². The molecule has 0 radical (unpaired) electrons. The molecule has 1 N–H and O–H groups in total. The Bertz CT molecular complexity index is 1300. The lowest BCUT2D eigenvalue weighted by atomic mass is 9.88. The Morgan fingerprint density at radius 3 is 2.11 bits per heavy atom. The molecule has 0 saturated heterocycles. The fourth-order valence-corrected chi connectivity index (χ4v) is 4.69. The van der Waals surface area contributed by atoms with Crippen LogP contribution in [0.15, 0.2) is 91.3 Å². The minimum absolute atomic E-state index is 0.109. The molecule has 1 aliphatic rings. The lowest BCUT2D eigenvalue weighted by molar-refractivity contribution is -0.151. The van der Waals surface area contributed by atoms with Crippen LogP contribution in [-0.2, 0) is 29.1 Å². The Balaban J connectivity index is 1.48. The van der Waals surface area contributed by atoms with E-state index in [0.717, 1.165) is 22.4 Å². The number of benzene rings is 3. The maximum Gasteiger partial charge on any atom is 0.326 e. The normalized spacial score (nSPS) is 15.1. The topological polar surface area (TPSA) is 75.4 Å². The number of halogens is 1. The minimum Gasteiger partial charge on any atom is -0.480 e. The molecule has 1 unspecified atom stereocenters. The van der Waals surface area contributed by atoms with Gasteiger partial charge in [-0.05, 0) is 28.8 Å². The van der Waals surface area contributed by atoms with Crippen LogP contribution in [0.4, 0.5) is 4.39 Å². The Morgan fingerprint density at radius 2 is 1.54 bits per heavy atom. The van der Waals surface area contributed by atoms with E-state index < -0.39 is 17.9 Å². The molecule has 35 heavy (non-hydrogen) atoms. The molecule has 0 bridgehead atoms. The van der Waals surface area contributed by atoms with Crippen molar-refractivity contribution in [3.63, 3.8) is 0 Å². The second-order valence-corrected chi connectivity index (χ2v) is 8.67. The van der Waals surface area contributed by atoms with Crippen LogP contribution in [0, 0.1) is 5.82 Å². The number of aromatic nitrogens is 2. The third-order valence-electron chi connectivity index (χ3n) is 6.46. The van der Waals surface area contributed by atoms with Gasteiger partial charge in [0, 0.05) is 18.7 Å². The first-order chi connectivity index (χ1) is 17.0. The first-order valence-corrected chi connectivity index (χ1v) is 11.4. The van der Waals surface area contributed by atoms with Crippen LogP contribution >= 0.6 is 0 Å². The van der Waals surface area contributed by atoms with Gasteiger partial charge in [0.25, 0.3) is 0 Å². The number of amides is 1. The van der Waals surface area contributed by atoms with E-state index in [1.807, 2.05) is 65.2 Å². The number of rotatable bonds is 6. The van der Waals surface area contributed by atoms with Crippen molar-refractivity contribution in [1.29, 1.82) is 0 Å². The zero-order chi connectivity index (χ0) is 24.4. The summed E-state index contributed by atoms with van der Waals surface area (Å²) in [4.78, 5) is 32.2. The van der Waals surface area contributed by atoms with Crippen molar-refractivity contribution in [2.45, 2.75) is 31.5 Å². The Morgan fingerprint density at radius 1 is 0.943 bits per heavy atom. The lowest BCUT2D eigenvalue weighted by Gasteiger charge is -2.35. The average Bonchev–Trinajstić information content (AvgIpc) is 3.27. The average molecular weight is 470 g/mol. The Hall–Kier alpha value is -4.26. The zero-order valence-corrected chi connectivity index (χ0v) is 18.9. The highest BCUT2D eigenvalue weighted by Gasteiger charge is 2.40. The molecule has 5 rings (SSSR count). The highest BCUT2D eigenvalue weighted by Crippen LogP contribution is 2.31. The predicted octanol–water partition coefficient (Wildman–Crippen LogP) is 4.24. The number of carboxylic acid groups (broad SMARTS) is 1. The van der Waals surface area contributed by atoms with E-state index >= 15 is 0 Å². The summed E-state index contributed by atoms with van der Waals surface area (Å²) < 4.78 is 15.2. The van der Waals surface area contributed by atoms with Gasteiger partial charge >= 0.3 is 5.97 Å². The molecule has 0 aliphatic carbocycles. The van der Waals surface area contributed by atoms with Crippen molar-refractivity contribution < 1.29 is 19.1 Å². The van der Waals surface area contributed by atoms with E-state index in [1.165, 1.54) is 17.0 Å². The van der Waals surface area contributed by atoms with Crippen molar-refractivity contribution >= 4 is 11.9 Å². The molecule has 3 aromatic carbocycles. The quantitative estimate of drug-likeness (QED) is 0.458. The zero-order valence-electron chi connectivity index (χ0n) is 18.9. The van der Waals surface area contributed by atoms with E-state index in [4.69, 9.17) is 0 Å². The molecule has 0 saturated carbocycles. The molecule has 0 spiro atoms. The second-order valence-electron chi connectivity index (χ2n) is 8.67. The standard InChI is InChI=1S/C28H24FN3O3/c29-22-13-11-19(12-14-22)16-31-18-30-23-17-32(25(28(34)35)15-24(23)31)27(33)26(20-7-3-1-4-8-20)21-9-5-2-6-10-21/h1-14,18,25-26H,15-17H2,(H,34,35). The van der Waals surface area contributed by atoms with Crippen LogP contribution in [0.5, 0.6) is 0 Å². The van der Waals surface area contributed by atoms with Crippen LogP contribution in [0.25, 0.3) is 0 Å². The number of carbonyl (C=O) groups is 2. The summed E-state index contributed by atoms with van der Waals surface area (Å²) in [5.74, 6) is -2.26. The van der Waals surface area contributed by atoms with Crippen molar-refractivity contribution in [3.05, 3.63) is 125 Å². The van der Waals surface area contributed by atoms with Gasteiger partial charge in [-0.3, -0.25) is 4.79 Å². The third-order valence-corrected chi connectivity index (χ3v) is 6.46. The number of hydrogen-bond donors (Lipinski definition) is 1. The van der Waals surface area contributed by atoms with Gasteiger partial charge in [-0.1, -0.05) is 72.8 Å². The fraction of sp³-hybridized carbons (Fsp3) is 0.179. The smallest absolute Gasteiger partial charge is 0.326 e. The number of hydrogen-bond acceptors (Lipinski definition) is 3. The van der Waals surface area contributed by atoms with E-state index in [-0.39, 0.29) is 24.7 Å². The van der Waals surface area contributed by atoms with E-state index in [9.17, 15) is 19.1 Å². The van der Waals surface area contributed by atoms with E-state index in [1.54, 1.807) is 18.5 Å². The summed E-state index contributed by atoms with van der Waals surface area (Å²) in [6, 6.07) is 24.0. The molecular formula is C28H24FN3O3. The molecule has 176 valence electrons. The number of fused-ring (bicyclic) bond motifs is 1. The summed E-state index contributed by atoms with van der Waals surface area (Å²) >= 11 is 0. The fourth-order valence-electron chi connectivity index (χ4n) is 4.69. The monoisotopic (exact) mass is 469 g/mol. The molecule has 1 atom stereocenters. The number of imidazole rings is 1. The van der Waals surface area contributed by atoms with Gasteiger partial charge in [0.1, 0.15) is 11.9 Å². The Kier molecular flexibility index (Phi) is 6.14. The summed E-state index contributed by atoms with van der Waals surface area (Å²) in [7, 11) is 0. The first-order valence-electron chi connectivity index (χ1n) is 11.4. The number of carboxylic acids is 1. The molecule has 2 heterocycles. The van der Waals surface area contributed by atoms with Crippen LogP contribution < -0.4 is 0 Å². The molecule has 1 amide bonds. The van der Waals surface area contributed by atoms with Gasteiger partial charge in [-0.15, -0.1) is 0 Å². The molecule has 0 fully saturated rings. The van der Waals surface area contributed by atoms with Gasteiger partial charge in [-0.25, -0.2) is 14.2 Å². The maximum absolute atomic E-state index is 13.9. The highest BCUT2D eigenvalue weighted by molar-refractivity contribution is 5.91. The van der Waals surface area contributed by atoms with E-state index in [2.05, 4.69) is 4.98 Å². The molecule has 7 heteroatoms. The maximum atomic E-state index is 13.9. The summed E-state index contributed by atoms with van der Waals surface area (Å²) in [5.41, 5.74) is 3.95. The van der Waals surface area contributed by atoms with Gasteiger partial charge in [-0.2, -0.15) is 0 Å². The molecule has 4 aromatic rings. The van der Waals surface area contributed by atoms with Crippen LogP contribution in [0.2, 0.25) is 0 Å². The summed E-state index contributed by atoms with van der Waals surface area (Å²) in [6.07, 6.45) is 1.81. The third kappa shape index (κ3) is 4.57. The summed E-state index contributed by atoms with van der Waals surface area (Å²) in [6.45, 7) is 0.553. The summed E-state index contributed by atoms with van der Waals surface area (Å²) in [5, 5.41) is 10.1. The molecule has 6 nitrogen and oxygen atoms in total. The predicted molar refractivity (Wildman–Crippen MR) is 128 cm³/mol. The largest absolute Gasteiger partial charge is 0.480 e. The number of aliphatic carboxylic acids is 1. The molecule has 1 aromatic heterocycles. The van der Waals surface area contributed by atoms with Gasteiger partial charge < -0.3 is 14.6 Å². The van der Waals surface area contributed by atoms with Gasteiger partial charge in [0.05, 0.1) is 24.5 Å². The SMILES string of the molecule is O=C(O)C1Cc2c(ncn2Cc2ccc(F)cc2)CN1C(=O)C(c1ccccc1)c1ccccc1. The molecule has 1 aliphatic heterocycles. The lowest BCUT2D eigenvalue weighted by Crippen LogP contribution is -2.50. The van der Waals surface area contributed by atoms with Crippen LogP contribution in [0.3, 0.4) is 0 Å². The van der Waals surface area contributed by atoms with Gasteiger partial charge in [0.15, 0.2) is 0 Å². The van der Waals surface area contributed by atoms with Gasteiger partial charge in [0.2, 0.25) is 5.91 Å². The van der Waals surface area contributed by atoms with Crippen molar-refractivity contribution in [2.75, 3.05) is 0 Å². The van der Waals surface area contributed by atoms with Crippen molar-refractivity contribution in [1.82, 2.24) is 14.5 Å². The first kappa shape index (κ1) is 22.5. The van der Waals surface area contributed by atoms with Crippen molar-refractivity contribution in [2.24, 2.45) is 0 Å². The highest BCUT2D eigenvalue weighted by atomic mass is 19.1. The van der Waals surface area contributed by atoms with Crippen LogP contribution in [0.1, 0.15) is 34.0 Å². The second kappa shape index (κ2) is 9.54. The number of nitrogens with zero attached hydrogens (tertiary/aromatic N) is 3. The Labute approximate surface area is 202 Å². The van der Waals surface area contributed by atoms with E-state index in [0.29, 0.717) is 12.2 Å². The minimum atomic E-state index is -1.06. The van der Waals surface area contributed by atoms with Crippen LogP contribution in [-0.4, -0.2) is 37.5 Å².